The number of phenols is 1. The third kappa shape index (κ3) is 4.26. The molecule has 2 heterocycles. The highest BCUT2D eigenvalue weighted by atomic mass is 16.5. The molecule has 0 bridgehead atoms. The molecule has 4 rings (SSSR count). The van der Waals surface area contributed by atoms with Gasteiger partial charge >= 0.3 is 0 Å². The fraction of sp³-hybridized carbons (Fsp3) is 0.593. The van der Waals surface area contributed by atoms with Crippen LogP contribution in [0.3, 0.4) is 0 Å². The summed E-state index contributed by atoms with van der Waals surface area (Å²) < 4.78 is 6.56. The maximum atomic E-state index is 11.2. The first-order valence-electron chi connectivity index (χ1n) is 12.0. The van der Waals surface area contributed by atoms with E-state index >= 15 is 0 Å². The van der Waals surface area contributed by atoms with Gasteiger partial charge in [-0.05, 0) is 61.8 Å². The van der Waals surface area contributed by atoms with Crippen LogP contribution in [0.4, 0.5) is 0 Å². The average molecular weight is 423 g/mol. The minimum atomic E-state index is -0.279. The van der Waals surface area contributed by atoms with E-state index in [0.717, 1.165) is 36.4 Å². The summed E-state index contributed by atoms with van der Waals surface area (Å²) in [6, 6.07) is 4.21. The number of imidazole rings is 1. The highest BCUT2D eigenvalue weighted by Crippen LogP contribution is 2.55. The molecule has 1 aromatic carbocycles. The minimum absolute atomic E-state index is 0.0103. The van der Waals surface area contributed by atoms with Gasteiger partial charge in [-0.25, -0.2) is 4.98 Å². The first-order chi connectivity index (χ1) is 14.7. The van der Waals surface area contributed by atoms with Gasteiger partial charge in [-0.2, -0.15) is 0 Å². The van der Waals surface area contributed by atoms with Crippen molar-refractivity contribution >= 4 is 5.57 Å². The fourth-order valence-corrected chi connectivity index (χ4v) is 5.56. The van der Waals surface area contributed by atoms with Crippen LogP contribution in [-0.2, 0) is 5.41 Å². The highest BCUT2D eigenvalue weighted by molar-refractivity contribution is 5.64. The van der Waals surface area contributed by atoms with Gasteiger partial charge in [0.25, 0.3) is 0 Å². The zero-order valence-electron chi connectivity index (χ0n) is 19.8. The topological polar surface area (TPSA) is 58.1 Å². The van der Waals surface area contributed by atoms with Crippen LogP contribution in [0.25, 0.3) is 5.57 Å². The number of unbranched alkanes of at least 4 members (excludes halogenated alkanes) is 3. The molecule has 0 radical (unpaired) electrons. The Labute approximate surface area is 187 Å². The Kier molecular flexibility index (Phi) is 5.93. The highest BCUT2D eigenvalue weighted by Gasteiger charge is 2.46. The molecule has 31 heavy (non-hydrogen) atoms. The Hall–Kier alpha value is -2.23. The number of rotatable bonds is 7. The van der Waals surface area contributed by atoms with Crippen molar-refractivity contribution in [2.24, 2.45) is 5.92 Å². The molecular formula is C27H38N2O2. The van der Waals surface area contributed by atoms with E-state index in [1.807, 2.05) is 12.3 Å². The van der Waals surface area contributed by atoms with Gasteiger partial charge in [0.05, 0.1) is 0 Å². The van der Waals surface area contributed by atoms with Gasteiger partial charge in [0.1, 0.15) is 22.9 Å². The number of aromatic hydroxyl groups is 1. The van der Waals surface area contributed by atoms with E-state index in [1.165, 1.54) is 36.8 Å². The maximum absolute atomic E-state index is 11.2. The van der Waals surface area contributed by atoms with Crippen molar-refractivity contribution in [2.45, 2.75) is 96.5 Å². The number of H-pyrrole nitrogens is 1. The van der Waals surface area contributed by atoms with Crippen LogP contribution < -0.4 is 4.74 Å². The van der Waals surface area contributed by atoms with Crippen LogP contribution in [0.1, 0.15) is 102 Å². The van der Waals surface area contributed by atoms with Crippen molar-refractivity contribution in [3.63, 3.8) is 0 Å². The van der Waals surface area contributed by atoms with Gasteiger partial charge < -0.3 is 14.8 Å². The van der Waals surface area contributed by atoms with Crippen LogP contribution in [0.5, 0.6) is 11.5 Å². The molecule has 2 aromatic rings. The number of benzene rings is 1. The van der Waals surface area contributed by atoms with Gasteiger partial charge in [-0.1, -0.05) is 52.5 Å². The Bertz CT molecular complexity index is 940. The Morgan fingerprint density at radius 2 is 2.03 bits per heavy atom. The monoisotopic (exact) mass is 422 g/mol. The summed E-state index contributed by atoms with van der Waals surface area (Å²) in [6.45, 7) is 11.2. The quantitative estimate of drug-likeness (QED) is 0.467. The molecule has 4 nitrogen and oxygen atoms in total. The lowest BCUT2D eigenvalue weighted by atomic mass is 9.66. The van der Waals surface area contributed by atoms with Crippen molar-refractivity contribution in [1.82, 2.24) is 9.97 Å². The molecule has 1 aliphatic heterocycles. The van der Waals surface area contributed by atoms with Crippen molar-refractivity contribution in [2.75, 3.05) is 0 Å². The number of aromatic amines is 1. The lowest BCUT2D eigenvalue weighted by molar-refractivity contribution is 0.00906. The summed E-state index contributed by atoms with van der Waals surface area (Å²) in [5.41, 5.74) is 3.11. The first kappa shape index (κ1) is 22.0. The van der Waals surface area contributed by atoms with E-state index in [4.69, 9.17) is 4.74 Å². The van der Waals surface area contributed by atoms with Gasteiger partial charge in [0.2, 0.25) is 0 Å². The van der Waals surface area contributed by atoms with E-state index in [1.54, 1.807) is 6.20 Å². The number of fused-ring (bicyclic) bond motifs is 3. The molecule has 2 aliphatic rings. The number of phenolic OH excluding ortho intramolecular Hbond substituents is 1. The summed E-state index contributed by atoms with van der Waals surface area (Å²) >= 11 is 0. The number of hydrogen-bond donors (Lipinski definition) is 2. The van der Waals surface area contributed by atoms with Crippen molar-refractivity contribution < 1.29 is 9.84 Å². The molecule has 168 valence electrons. The molecule has 0 fully saturated rings. The van der Waals surface area contributed by atoms with Gasteiger partial charge in [-0.3, -0.25) is 0 Å². The zero-order chi connectivity index (χ0) is 22.2. The third-order valence-electron chi connectivity index (χ3n) is 7.54. The number of nitrogens with zero attached hydrogens (tertiary/aromatic N) is 1. The Morgan fingerprint density at radius 1 is 1.23 bits per heavy atom. The summed E-state index contributed by atoms with van der Waals surface area (Å²) in [4.78, 5) is 7.71. The van der Waals surface area contributed by atoms with Crippen LogP contribution in [0.2, 0.25) is 0 Å². The lowest BCUT2D eigenvalue weighted by Crippen LogP contribution is -2.45. The van der Waals surface area contributed by atoms with Gasteiger partial charge in [0.15, 0.2) is 0 Å². The predicted molar refractivity (Wildman–Crippen MR) is 127 cm³/mol. The number of aromatic nitrogens is 2. The summed E-state index contributed by atoms with van der Waals surface area (Å²) in [5, 5.41) is 11.2. The van der Waals surface area contributed by atoms with Crippen molar-refractivity contribution in [1.29, 1.82) is 0 Å². The molecule has 1 aromatic heterocycles. The van der Waals surface area contributed by atoms with Crippen LogP contribution in [0.15, 0.2) is 30.6 Å². The molecule has 0 unspecified atom stereocenters. The molecule has 0 saturated carbocycles. The lowest BCUT2D eigenvalue weighted by Gasteiger charge is -2.47. The van der Waals surface area contributed by atoms with E-state index in [-0.39, 0.29) is 16.9 Å². The zero-order valence-corrected chi connectivity index (χ0v) is 19.8. The van der Waals surface area contributed by atoms with Gasteiger partial charge in [0, 0.05) is 29.8 Å². The number of nitrogens with one attached hydrogen (secondary N) is 1. The number of hydrogen-bond acceptors (Lipinski definition) is 3. The first-order valence-corrected chi connectivity index (χ1v) is 12.0. The van der Waals surface area contributed by atoms with Gasteiger partial charge in [-0.15, -0.1) is 0 Å². The molecular weight excluding hydrogens is 384 g/mol. The smallest absolute Gasteiger partial charge is 0.132 e. The molecule has 0 amide bonds. The summed E-state index contributed by atoms with van der Waals surface area (Å²) in [5.74, 6) is 2.75. The third-order valence-corrected chi connectivity index (χ3v) is 7.54. The second-order valence-corrected chi connectivity index (χ2v) is 10.6. The summed E-state index contributed by atoms with van der Waals surface area (Å²) in [7, 11) is 0. The number of allylic oxidation sites excluding steroid dienone is 2. The number of ether oxygens (including phenoxy) is 1. The second-order valence-electron chi connectivity index (χ2n) is 10.6. The predicted octanol–water partition coefficient (Wildman–Crippen LogP) is 7.11. The normalized spacial score (nSPS) is 22.3. The second kappa shape index (κ2) is 8.37. The van der Waals surface area contributed by atoms with E-state index in [9.17, 15) is 5.11 Å². The van der Waals surface area contributed by atoms with Crippen LogP contribution in [-0.4, -0.2) is 20.7 Å². The van der Waals surface area contributed by atoms with Crippen molar-refractivity contribution in [3.8, 4) is 11.5 Å². The van der Waals surface area contributed by atoms with E-state index in [2.05, 4.69) is 56.7 Å². The molecule has 0 spiro atoms. The molecule has 1 aliphatic carbocycles. The van der Waals surface area contributed by atoms with E-state index < -0.39 is 0 Å². The summed E-state index contributed by atoms with van der Waals surface area (Å²) in [6.07, 6.45) is 13.9. The Morgan fingerprint density at radius 3 is 2.74 bits per heavy atom. The van der Waals surface area contributed by atoms with E-state index in [0.29, 0.717) is 11.7 Å². The standard InChI is InChI=1S/C27H38N2O2/c1-6-7-8-9-12-26(2,3)19-16-22(30)24-20-15-18(25-28-13-14-29-25)10-11-21(20)27(4,5)31-23(24)17-19/h10,13-14,16-17,20-21,30H,6-9,11-12,15H2,1-5H3,(H,28,29)/t20-,21-/m1/s1. The van der Waals surface area contributed by atoms with Crippen LogP contribution >= 0.6 is 0 Å². The fourth-order valence-electron chi connectivity index (χ4n) is 5.56. The van der Waals surface area contributed by atoms with Crippen molar-refractivity contribution in [3.05, 3.63) is 47.6 Å². The molecule has 2 N–H and O–H groups in total. The maximum Gasteiger partial charge on any atom is 0.132 e. The van der Waals surface area contributed by atoms with Crippen LogP contribution in [0, 0.1) is 5.92 Å². The molecule has 0 saturated heterocycles. The average Bonchev–Trinajstić information content (AvgIpc) is 3.25. The Balaban J connectivity index is 1.66. The molecule has 4 heteroatoms. The SMILES string of the molecule is CCCCCCC(C)(C)c1cc(O)c2c(c1)OC(C)(C)[C@@H]1CC=C(c3ncc[nH]3)C[C@@H]21. The largest absolute Gasteiger partial charge is 0.508 e. The molecule has 2 atom stereocenters. The minimum Gasteiger partial charge on any atom is -0.508 e.